The highest BCUT2D eigenvalue weighted by Crippen LogP contribution is 2.16. The number of amides is 1. The average Bonchev–Trinajstić information content (AvgIpc) is 2.47. The topological polar surface area (TPSA) is 44.1 Å². The molecular formula is C17H18N2O. The zero-order chi connectivity index (χ0) is 14.4. The molecule has 0 saturated carbocycles. The lowest BCUT2D eigenvalue weighted by Gasteiger charge is -2.27. The zero-order valence-electron chi connectivity index (χ0n) is 11.6. The van der Waals surface area contributed by atoms with Crippen molar-refractivity contribution in [2.24, 2.45) is 5.92 Å². The first-order chi connectivity index (χ1) is 9.70. The van der Waals surface area contributed by atoms with E-state index in [1.165, 1.54) is 0 Å². The summed E-state index contributed by atoms with van der Waals surface area (Å²) in [4.78, 5) is 14.3. The Bertz CT molecular complexity index is 566. The molecule has 1 unspecified atom stereocenters. The number of benzene rings is 1. The second kappa shape index (κ2) is 6.72. The Morgan fingerprint density at radius 1 is 1.45 bits per heavy atom. The van der Waals surface area contributed by atoms with Gasteiger partial charge in [0.1, 0.15) is 0 Å². The third-order valence-electron chi connectivity index (χ3n) is 3.27. The predicted molar refractivity (Wildman–Crippen MR) is 79.5 cm³/mol. The van der Waals surface area contributed by atoms with Crippen molar-refractivity contribution in [3.63, 3.8) is 0 Å². The van der Waals surface area contributed by atoms with Gasteiger partial charge in [0.2, 0.25) is 0 Å². The van der Waals surface area contributed by atoms with Gasteiger partial charge in [-0.2, -0.15) is 5.26 Å². The first kappa shape index (κ1) is 14.1. The van der Waals surface area contributed by atoms with E-state index in [0.29, 0.717) is 24.6 Å². The molecular weight excluding hydrogens is 248 g/mol. The maximum Gasteiger partial charge on any atom is 0.251 e. The number of rotatable bonds is 3. The summed E-state index contributed by atoms with van der Waals surface area (Å²) in [5.74, 6) is 0.333. The smallest absolute Gasteiger partial charge is 0.251 e. The van der Waals surface area contributed by atoms with Crippen molar-refractivity contribution in [2.75, 3.05) is 13.1 Å². The van der Waals surface area contributed by atoms with Crippen LogP contribution in [-0.4, -0.2) is 23.9 Å². The van der Waals surface area contributed by atoms with Gasteiger partial charge < -0.3 is 4.90 Å². The van der Waals surface area contributed by atoms with Gasteiger partial charge in [0.15, 0.2) is 0 Å². The lowest BCUT2D eigenvalue weighted by Crippen LogP contribution is -2.37. The number of hydrogen-bond donors (Lipinski definition) is 0. The molecule has 3 nitrogen and oxygen atoms in total. The van der Waals surface area contributed by atoms with E-state index >= 15 is 0 Å². The fourth-order valence-electron chi connectivity index (χ4n) is 2.30. The Hall–Kier alpha value is -2.34. The average molecular weight is 266 g/mol. The van der Waals surface area contributed by atoms with Gasteiger partial charge in [0.25, 0.3) is 5.91 Å². The SMILES string of the molecule is CC1C=CCN(C(=O)C(=Cc2ccccc2)CC#N)C1. The van der Waals surface area contributed by atoms with Gasteiger partial charge in [-0.05, 0) is 17.6 Å². The molecule has 1 aromatic carbocycles. The lowest BCUT2D eigenvalue weighted by molar-refractivity contribution is -0.127. The predicted octanol–water partition coefficient (Wildman–Crippen LogP) is 3.02. The fraction of sp³-hybridized carbons (Fsp3) is 0.294. The van der Waals surface area contributed by atoms with Gasteiger partial charge >= 0.3 is 0 Å². The van der Waals surface area contributed by atoms with Crippen molar-refractivity contribution in [1.29, 1.82) is 5.26 Å². The molecule has 1 amide bonds. The Kier molecular flexibility index (Phi) is 4.73. The molecule has 0 radical (unpaired) electrons. The quantitative estimate of drug-likeness (QED) is 0.623. The van der Waals surface area contributed by atoms with Gasteiger partial charge in [0, 0.05) is 18.7 Å². The summed E-state index contributed by atoms with van der Waals surface area (Å²) in [6.45, 7) is 3.43. The normalized spacial score (nSPS) is 18.7. The van der Waals surface area contributed by atoms with Crippen LogP contribution in [-0.2, 0) is 4.79 Å². The maximum atomic E-state index is 12.5. The Morgan fingerprint density at radius 2 is 2.20 bits per heavy atom. The molecule has 0 aromatic heterocycles. The number of nitrogens with zero attached hydrogens (tertiary/aromatic N) is 2. The van der Waals surface area contributed by atoms with Crippen molar-refractivity contribution < 1.29 is 4.79 Å². The van der Waals surface area contributed by atoms with Crippen LogP contribution in [0.15, 0.2) is 48.1 Å². The minimum absolute atomic E-state index is 0.0356. The molecule has 1 aliphatic heterocycles. The summed E-state index contributed by atoms with van der Waals surface area (Å²) in [7, 11) is 0. The molecule has 0 saturated heterocycles. The molecule has 1 aromatic rings. The summed E-state index contributed by atoms with van der Waals surface area (Å²) < 4.78 is 0. The van der Waals surface area contributed by atoms with Crippen molar-refractivity contribution in [2.45, 2.75) is 13.3 Å². The summed E-state index contributed by atoms with van der Waals surface area (Å²) in [6.07, 6.45) is 6.09. The van der Waals surface area contributed by atoms with Crippen LogP contribution in [0.1, 0.15) is 18.9 Å². The van der Waals surface area contributed by atoms with Crippen molar-refractivity contribution in [3.05, 3.63) is 53.6 Å². The molecule has 0 fully saturated rings. The van der Waals surface area contributed by atoms with E-state index in [1.54, 1.807) is 4.90 Å². The van der Waals surface area contributed by atoms with E-state index in [-0.39, 0.29) is 12.3 Å². The third-order valence-corrected chi connectivity index (χ3v) is 3.27. The van der Waals surface area contributed by atoms with E-state index in [4.69, 9.17) is 5.26 Å². The first-order valence-electron chi connectivity index (χ1n) is 6.79. The van der Waals surface area contributed by atoms with Crippen LogP contribution < -0.4 is 0 Å². The Labute approximate surface area is 119 Å². The van der Waals surface area contributed by atoms with Crippen LogP contribution in [0.25, 0.3) is 6.08 Å². The third kappa shape index (κ3) is 3.58. The molecule has 1 aliphatic rings. The Morgan fingerprint density at radius 3 is 2.85 bits per heavy atom. The van der Waals surface area contributed by atoms with Gasteiger partial charge in [-0.25, -0.2) is 0 Å². The van der Waals surface area contributed by atoms with Crippen LogP contribution >= 0.6 is 0 Å². The minimum atomic E-state index is -0.0356. The van der Waals surface area contributed by atoms with Crippen LogP contribution in [0.3, 0.4) is 0 Å². The molecule has 3 heteroatoms. The van der Waals surface area contributed by atoms with Crippen LogP contribution in [0, 0.1) is 17.2 Å². The van der Waals surface area contributed by atoms with E-state index < -0.39 is 0 Å². The summed E-state index contributed by atoms with van der Waals surface area (Å²) >= 11 is 0. The molecule has 0 N–H and O–H groups in total. The lowest BCUT2D eigenvalue weighted by atomic mass is 10.0. The molecule has 0 aliphatic carbocycles. The minimum Gasteiger partial charge on any atom is -0.335 e. The largest absolute Gasteiger partial charge is 0.335 e. The molecule has 2 rings (SSSR count). The van der Waals surface area contributed by atoms with E-state index in [1.807, 2.05) is 42.5 Å². The van der Waals surface area contributed by atoms with Gasteiger partial charge in [0.05, 0.1) is 12.5 Å². The second-order valence-corrected chi connectivity index (χ2v) is 5.03. The zero-order valence-corrected chi connectivity index (χ0v) is 11.6. The monoisotopic (exact) mass is 266 g/mol. The first-order valence-corrected chi connectivity index (χ1v) is 6.79. The highest BCUT2D eigenvalue weighted by molar-refractivity contribution is 5.98. The summed E-state index contributed by atoms with van der Waals surface area (Å²) in [5.41, 5.74) is 1.51. The number of hydrogen-bond acceptors (Lipinski definition) is 2. The van der Waals surface area contributed by atoms with Crippen molar-refractivity contribution in [1.82, 2.24) is 4.90 Å². The van der Waals surface area contributed by atoms with E-state index in [2.05, 4.69) is 19.1 Å². The molecule has 1 atom stereocenters. The van der Waals surface area contributed by atoms with Gasteiger partial charge in [-0.1, -0.05) is 49.4 Å². The van der Waals surface area contributed by atoms with Crippen LogP contribution in [0.4, 0.5) is 0 Å². The van der Waals surface area contributed by atoms with Crippen LogP contribution in [0.5, 0.6) is 0 Å². The Balaban J connectivity index is 2.21. The van der Waals surface area contributed by atoms with Crippen molar-refractivity contribution in [3.8, 4) is 6.07 Å². The highest BCUT2D eigenvalue weighted by Gasteiger charge is 2.20. The fourth-order valence-corrected chi connectivity index (χ4v) is 2.30. The second-order valence-electron chi connectivity index (χ2n) is 5.03. The maximum absolute atomic E-state index is 12.5. The molecule has 0 bridgehead atoms. The van der Waals surface area contributed by atoms with Crippen LogP contribution in [0.2, 0.25) is 0 Å². The van der Waals surface area contributed by atoms with Gasteiger partial charge in [-0.3, -0.25) is 4.79 Å². The molecule has 102 valence electrons. The van der Waals surface area contributed by atoms with Crippen molar-refractivity contribution >= 4 is 12.0 Å². The number of carbonyl (C=O) groups is 1. The number of nitriles is 1. The molecule has 0 spiro atoms. The summed E-state index contributed by atoms with van der Waals surface area (Å²) in [6, 6.07) is 11.7. The molecule has 1 heterocycles. The standard InChI is InChI=1S/C17H18N2O/c1-14-6-5-11-19(13-14)17(20)16(9-10-18)12-15-7-3-2-4-8-15/h2-8,12,14H,9,11,13H2,1H3. The molecule has 20 heavy (non-hydrogen) atoms. The highest BCUT2D eigenvalue weighted by atomic mass is 16.2. The van der Waals surface area contributed by atoms with E-state index in [9.17, 15) is 4.79 Å². The van der Waals surface area contributed by atoms with Gasteiger partial charge in [-0.15, -0.1) is 0 Å². The number of carbonyl (C=O) groups excluding carboxylic acids is 1. The summed E-state index contributed by atoms with van der Waals surface area (Å²) in [5, 5.41) is 8.94. The van der Waals surface area contributed by atoms with E-state index in [0.717, 1.165) is 5.56 Å².